The summed E-state index contributed by atoms with van der Waals surface area (Å²) in [6.07, 6.45) is 2.56. The molecule has 1 aliphatic carbocycles. The van der Waals surface area contributed by atoms with E-state index < -0.39 is 0 Å². The van der Waals surface area contributed by atoms with Crippen molar-refractivity contribution in [2.24, 2.45) is 17.6 Å². The third kappa shape index (κ3) is 2.74. The quantitative estimate of drug-likeness (QED) is 0.702. The highest BCUT2D eigenvalue weighted by Crippen LogP contribution is 2.28. The first kappa shape index (κ1) is 11.9. The van der Waals surface area contributed by atoms with Crippen LogP contribution in [0.4, 0.5) is 0 Å². The zero-order valence-corrected chi connectivity index (χ0v) is 10.3. The number of nitrogens with one attached hydrogen (secondary N) is 1. The number of nitrogens with zero attached hydrogens (tertiary/aromatic N) is 1. The lowest BCUT2D eigenvalue weighted by atomic mass is 9.80. The molecule has 0 unspecified atom stereocenters. The predicted octanol–water partition coefficient (Wildman–Crippen LogP) is 0.182. The van der Waals surface area contributed by atoms with Gasteiger partial charge in [-0.1, -0.05) is 13.8 Å². The van der Waals surface area contributed by atoms with E-state index in [4.69, 9.17) is 5.73 Å². The molecule has 0 atom stereocenters. The molecule has 1 saturated carbocycles. The van der Waals surface area contributed by atoms with E-state index in [0.29, 0.717) is 12.5 Å². The third-order valence-corrected chi connectivity index (χ3v) is 3.84. The highest BCUT2D eigenvalue weighted by molar-refractivity contribution is 5.78. The van der Waals surface area contributed by atoms with Crippen molar-refractivity contribution < 1.29 is 4.79 Å². The monoisotopic (exact) mass is 225 g/mol. The second-order valence-electron chi connectivity index (χ2n) is 5.78. The molecule has 0 spiro atoms. The first-order valence-electron chi connectivity index (χ1n) is 6.27. The van der Waals surface area contributed by atoms with Gasteiger partial charge in [0.15, 0.2) is 0 Å². The van der Waals surface area contributed by atoms with Crippen molar-refractivity contribution in [3.05, 3.63) is 0 Å². The number of rotatable bonds is 5. The number of carbonyl (C=O) groups is 1. The van der Waals surface area contributed by atoms with Crippen LogP contribution in [0.25, 0.3) is 0 Å². The molecule has 3 N–H and O–H groups in total. The van der Waals surface area contributed by atoms with E-state index in [9.17, 15) is 4.79 Å². The summed E-state index contributed by atoms with van der Waals surface area (Å²) < 4.78 is 0. The van der Waals surface area contributed by atoms with Gasteiger partial charge in [0, 0.05) is 25.2 Å². The van der Waals surface area contributed by atoms with Crippen molar-refractivity contribution in [3.63, 3.8) is 0 Å². The maximum absolute atomic E-state index is 11.6. The van der Waals surface area contributed by atoms with Gasteiger partial charge in [0.05, 0.1) is 6.54 Å². The Bertz CT molecular complexity index is 267. The van der Waals surface area contributed by atoms with Crippen LogP contribution in [0.1, 0.15) is 26.7 Å². The van der Waals surface area contributed by atoms with E-state index in [-0.39, 0.29) is 11.4 Å². The van der Waals surface area contributed by atoms with E-state index in [2.05, 4.69) is 24.1 Å². The van der Waals surface area contributed by atoms with Crippen LogP contribution < -0.4 is 11.1 Å². The van der Waals surface area contributed by atoms with E-state index >= 15 is 0 Å². The fourth-order valence-corrected chi connectivity index (χ4v) is 2.10. The minimum Gasteiger partial charge on any atom is -0.355 e. The highest BCUT2D eigenvalue weighted by Gasteiger charge is 2.42. The Kier molecular flexibility index (Phi) is 3.22. The summed E-state index contributed by atoms with van der Waals surface area (Å²) in [7, 11) is 0. The Morgan fingerprint density at radius 1 is 1.50 bits per heavy atom. The number of hydrogen-bond acceptors (Lipinski definition) is 3. The van der Waals surface area contributed by atoms with Crippen molar-refractivity contribution in [3.8, 4) is 0 Å². The zero-order valence-electron chi connectivity index (χ0n) is 10.3. The lowest BCUT2D eigenvalue weighted by Crippen LogP contribution is -2.70. The number of likely N-dealkylation sites (tertiary alicyclic amines) is 1. The molecule has 1 amide bonds. The molecule has 0 aromatic carbocycles. The maximum atomic E-state index is 11.6. The fourth-order valence-electron chi connectivity index (χ4n) is 2.10. The molecule has 1 aliphatic heterocycles. The minimum absolute atomic E-state index is 0.0726. The molecule has 0 bridgehead atoms. The van der Waals surface area contributed by atoms with Crippen LogP contribution in [0, 0.1) is 11.8 Å². The Morgan fingerprint density at radius 3 is 2.62 bits per heavy atom. The fraction of sp³-hybridized carbons (Fsp3) is 0.917. The molecule has 1 heterocycles. The maximum Gasteiger partial charge on any atom is 0.234 e. The normalized spacial score (nSPS) is 24.2. The molecule has 0 aromatic heterocycles. The van der Waals surface area contributed by atoms with Crippen molar-refractivity contribution in [1.29, 1.82) is 0 Å². The first-order chi connectivity index (χ1) is 7.49. The zero-order chi connectivity index (χ0) is 11.8. The van der Waals surface area contributed by atoms with Crippen LogP contribution >= 0.6 is 0 Å². The molecular formula is C12H23N3O. The lowest BCUT2D eigenvalue weighted by Gasteiger charge is -2.50. The van der Waals surface area contributed by atoms with E-state index in [0.717, 1.165) is 25.6 Å². The molecule has 4 heteroatoms. The summed E-state index contributed by atoms with van der Waals surface area (Å²) in [6.45, 7) is 7.36. The van der Waals surface area contributed by atoms with Gasteiger partial charge in [0.2, 0.25) is 5.91 Å². The number of amides is 1. The van der Waals surface area contributed by atoms with Gasteiger partial charge in [0.25, 0.3) is 0 Å². The number of hydrogen-bond donors (Lipinski definition) is 2. The lowest BCUT2D eigenvalue weighted by molar-refractivity contribution is -0.124. The van der Waals surface area contributed by atoms with Gasteiger partial charge in [-0.15, -0.1) is 0 Å². The van der Waals surface area contributed by atoms with Crippen LogP contribution in [0.5, 0.6) is 0 Å². The molecule has 16 heavy (non-hydrogen) atoms. The van der Waals surface area contributed by atoms with E-state index in [1.807, 2.05) is 0 Å². The van der Waals surface area contributed by atoms with Gasteiger partial charge in [-0.3, -0.25) is 9.69 Å². The number of carbonyl (C=O) groups excluding carboxylic acids is 1. The molecule has 92 valence electrons. The predicted molar refractivity (Wildman–Crippen MR) is 63.9 cm³/mol. The van der Waals surface area contributed by atoms with Gasteiger partial charge in [-0.05, 0) is 24.7 Å². The Morgan fingerprint density at radius 2 is 2.12 bits per heavy atom. The molecule has 2 aliphatic rings. The molecule has 2 rings (SSSR count). The van der Waals surface area contributed by atoms with Crippen molar-refractivity contribution >= 4 is 5.91 Å². The van der Waals surface area contributed by atoms with Crippen molar-refractivity contribution in [2.45, 2.75) is 32.2 Å². The van der Waals surface area contributed by atoms with Gasteiger partial charge in [0.1, 0.15) is 0 Å². The largest absolute Gasteiger partial charge is 0.355 e. The summed E-state index contributed by atoms with van der Waals surface area (Å²) in [4.78, 5) is 13.7. The molecule has 2 fully saturated rings. The molecular weight excluding hydrogens is 202 g/mol. The van der Waals surface area contributed by atoms with Crippen LogP contribution in [0.15, 0.2) is 0 Å². The van der Waals surface area contributed by atoms with E-state index in [1.54, 1.807) is 0 Å². The second kappa shape index (κ2) is 4.34. The summed E-state index contributed by atoms with van der Waals surface area (Å²) in [5.41, 5.74) is 6.10. The molecule has 1 saturated heterocycles. The smallest absolute Gasteiger partial charge is 0.234 e. The minimum atomic E-state index is -0.0726. The van der Waals surface area contributed by atoms with Crippen LogP contribution in [-0.2, 0) is 4.79 Å². The summed E-state index contributed by atoms with van der Waals surface area (Å²) in [6, 6.07) is 0. The third-order valence-electron chi connectivity index (χ3n) is 3.84. The van der Waals surface area contributed by atoms with Crippen molar-refractivity contribution in [1.82, 2.24) is 10.2 Å². The molecule has 4 nitrogen and oxygen atoms in total. The van der Waals surface area contributed by atoms with Gasteiger partial charge in [-0.2, -0.15) is 0 Å². The molecule has 0 aromatic rings. The van der Waals surface area contributed by atoms with Crippen LogP contribution in [-0.4, -0.2) is 42.5 Å². The summed E-state index contributed by atoms with van der Waals surface area (Å²) in [5.74, 6) is 1.39. The standard InChI is InChI=1S/C12H23N3O/c1-9(2)12(13)7-15(8-12)6-11(16)14-5-10-3-4-10/h9-10H,3-8,13H2,1-2H3,(H,14,16). The Balaban J connectivity index is 1.62. The van der Waals surface area contributed by atoms with E-state index in [1.165, 1.54) is 12.8 Å². The highest BCUT2D eigenvalue weighted by atomic mass is 16.2. The second-order valence-corrected chi connectivity index (χ2v) is 5.78. The first-order valence-corrected chi connectivity index (χ1v) is 6.27. The van der Waals surface area contributed by atoms with Gasteiger partial charge in [-0.25, -0.2) is 0 Å². The number of nitrogens with two attached hydrogens (primary N) is 1. The summed E-state index contributed by atoms with van der Waals surface area (Å²) >= 11 is 0. The average molecular weight is 225 g/mol. The van der Waals surface area contributed by atoms with Crippen LogP contribution in [0.2, 0.25) is 0 Å². The van der Waals surface area contributed by atoms with Crippen LogP contribution in [0.3, 0.4) is 0 Å². The molecule has 0 radical (unpaired) electrons. The summed E-state index contributed by atoms with van der Waals surface area (Å²) in [5, 5.41) is 2.98. The Hall–Kier alpha value is -0.610. The SMILES string of the molecule is CC(C)C1(N)CN(CC(=O)NCC2CC2)C1. The van der Waals surface area contributed by atoms with Gasteiger partial charge >= 0.3 is 0 Å². The van der Waals surface area contributed by atoms with Gasteiger partial charge < -0.3 is 11.1 Å². The average Bonchev–Trinajstić information content (AvgIpc) is 2.95. The topological polar surface area (TPSA) is 58.4 Å². The van der Waals surface area contributed by atoms with Crippen molar-refractivity contribution in [2.75, 3.05) is 26.2 Å². The Labute approximate surface area is 97.6 Å².